The van der Waals surface area contributed by atoms with E-state index in [0.717, 1.165) is 18.4 Å². The van der Waals surface area contributed by atoms with Crippen molar-refractivity contribution in [1.82, 2.24) is 5.32 Å². The number of aliphatic imine (C=N–C) groups is 2. The first-order chi connectivity index (χ1) is 9.74. The molecule has 108 valence electrons. The summed E-state index contributed by atoms with van der Waals surface area (Å²) in [5.74, 6) is 0.678. The fourth-order valence-corrected chi connectivity index (χ4v) is 2.37. The van der Waals surface area contributed by atoms with Crippen molar-refractivity contribution in [3.63, 3.8) is 0 Å². The van der Waals surface area contributed by atoms with Crippen molar-refractivity contribution in [3.05, 3.63) is 35.9 Å². The first-order valence-corrected chi connectivity index (χ1v) is 7.18. The van der Waals surface area contributed by atoms with Gasteiger partial charge in [-0.05, 0) is 18.4 Å². The minimum atomic E-state index is 0.311. The number of rotatable bonds is 3. The summed E-state index contributed by atoms with van der Waals surface area (Å²) in [6.07, 6.45) is 6.00. The lowest BCUT2D eigenvalue weighted by atomic mass is 9.96. The predicted octanol–water partition coefficient (Wildman–Crippen LogP) is 1.74. The lowest BCUT2D eigenvalue weighted by Crippen LogP contribution is -2.42. The molecule has 5 heteroatoms. The van der Waals surface area contributed by atoms with Crippen molar-refractivity contribution in [3.8, 4) is 0 Å². The van der Waals surface area contributed by atoms with E-state index in [4.69, 9.17) is 11.5 Å². The van der Waals surface area contributed by atoms with Gasteiger partial charge >= 0.3 is 0 Å². The van der Waals surface area contributed by atoms with Gasteiger partial charge in [0.15, 0.2) is 11.9 Å². The van der Waals surface area contributed by atoms with Gasteiger partial charge in [-0.25, -0.2) is 9.98 Å². The average Bonchev–Trinajstić information content (AvgIpc) is 2.47. The summed E-state index contributed by atoms with van der Waals surface area (Å²) < 4.78 is 0. The van der Waals surface area contributed by atoms with E-state index in [0.29, 0.717) is 24.5 Å². The molecule has 0 atom stereocenters. The normalized spacial score (nSPS) is 18.0. The fourth-order valence-electron chi connectivity index (χ4n) is 2.37. The zero-order valence-corrected chi connectivity index (χ0v) is 11.8. The zero-order chi connectivity index (χ0) is 14.2. The Kier molecular flexibility index (Phi) is 5.41. The molecule has 5 N–H and O–H groups in total. The summed E-state index contributed by atoms with van der Waals surface area (Å²) >= 11 is 0. The van der Waals surface area contributed by atoms with Gasteiger partial charge in [0.25, 0.3) is 0 Å². The summed E-state index contributed by atoms with van der Waals surface area (Å²) in [6, 6.07) is 10.3. The van der Waals surface area contributed by atoms with E-state index in [1.54, 1.807) is 0 Å². The van der Waals surface area contributed by atoms with Crippen LogP contribution in [0.2, 0.25) is 0 Å². The molecule has 0 bridgehead atoms. The molecule has 5 nitrogen and oxygen atoms in total. The lowest BCUT2D eigenvalue weighted by Gasteiger charge is -2.18. The van der Waals surface area contributed by atoms with Crippen LogP contribution in [0.15, 0.2) is 40.3 Å². The van der Waals surface area contributed by atoms with Crippen LogP contribution in [0.1, 0.15) is 37.7 Å². The van der Waals surface area contributed by atoms with E-state index in [2.05, 4.69) is 15.3 Å². The highest BCUT2D eigenvalue weighted by molar-refractivity contribution is 5.97. The molecule has 0 saturated heterocycles. The monoisotopic (exact) mass is 273 g/mol. The molecule has 20 heavy (non-hydrogen) atoms. The van der Waals surface area contributed by atoms with Crippen molar-refractivity contribution in [2.45, 2.75) is 44.7 Å². The van der Waals surface area contributed by atoms with Gasteiger partial charge in [0.05, 0.1) is 12.6 Å². The molecule has 0 aromatic heterocycles. The second-order valence-electron chi connectivity index (χ2n) is 5.12. The smallest absolute Gasteiger partial charge is 0.195 e. The molecule has 0 amide bonds. The van der Waals surface area contributed by atoms with Gasteiger partial charge in [-0.15, -0.1) is 0 Å². The number of nitrogens with one attached hydrogen (secondary N) is 1. The van der Waals surface area contributed by atoms with Crippen LogP contribution < -0.4 is 16.8 Å². The SMILES string of the molecule is NC(=NCc1ccccc1)NC(N)=NC1CCCCC1. The Balaban J connectivity index is 1.83. The van der Waals surface area contributed by atoms with Gasteiger partial charge in [0, 0.05) is 0 Å². The second-order valence-corrected chi connectivity index (χ2v) is 5.12. The highest BCUT2D eigenvalue weighted by Crippen LogP contribution is 2.19. The van der Waals surface area contributed by atoms with Gasteiger partial charge in [-0.2, -0.15) is 0 Å². The number of nitrogens with zero attached hydrogens (tertiary/aromatic N) is 2. The summed E-state index contributed by atoms with van der Waals surface area (Å²) in [4.78, 5) is 8.70. The van der Waals surface area contributed by atoms with Gasteiger partial charge in [-0.3, -0.25) is 5.32 Å². The molecule has 1 fully saturated rings. The molecule has 0 unspecified atom stereocenters. The standard InChI is InChI=1S/C15H23N5/c16-14(18-11-12-7-3-1-4-8-12)20-15(17)19-13-9-5-2-6-10-13/h1,3-4,7-8,13H,2,5-6,9-11H2,(H5,16,17,18,19,20). The summed E-state index contributed by atoms with van der Waals surface area (Å²) in [6.45, 7) is 0.538. The zero-order valence-electron chi connectivity index (χ0n) is 11.8. The van der Waals surface area contributed by atoms with Crippen molar-refractivity contribution in [2.75, 3.05) is 0 Å². The Morgan fingerprint density at radius 3 is 2.45 bits per heavy atom. The van der Waals surface area contributed by atoms with E-state index >= 15 is 0 Å². The quantitative estimate of drug-likeness (QED) is 0.579. The Morgan fingerprint density at radius 2 is 1.75 bits per heavy atom. The third kappa shape index (κ3) is 4.91. The molecule has 0 aliphatic heterocycles. The number of hydrogen-bond acceptors (Lipinski definition) is 2. The maximum atomic E-state index is 5.85. The predicted molar refractivity (Wildman–Crippen MR) is 83.4 cm³/mol. The molecule has 1 aliphatic carbocycles. The van der Waals surface area contributed by atoms with Crippen LogP contribution in [0.5, 0.6) is 0 Å². The maximum Gasteiger partial charge on any atom is 0.195 e. The van der Waals surface area contributed by atoms with Gasteiger partial charge in [-0.1, -0.05) is 49.6 Å². The van der Waals surface area contributed by atoms with Crippen molar-refractivity contribution < 1.29 is 0 Å². The highest BCUT2D eigenvalue weighted by atomic mass is 15.2. The van der Waals surface area contributed by atoms with Crippen LogP contribution in [0.3, 0.4) is 0 Å². The minimum Gasteiger partial charge on any atom is -0.370 e. The number of hydrogen-bond donors (Lipinski definition) is 3. The first-order valence-electron chi connectivity index (χ1n) is 7.18. The van der Waals surface area contributed by atoms with E-state index in [1.165, 1.54) is 19.3 Å². The van der Waals surface area contributed by atoms with Crippen LogP contribution in [0.4, 0.5) is 0 Å². The minimum absolute atomic E-state index is 0.311. The first kappa shape index (κ1) is 14.4. The molecule has 1 aliphatic rings. The molecule has 1 saturated carbocycles. The third-order valence-corrected chi connectivity index (χ3v) is 3.43. The van der Waals surface area contributed by atoms with Crippen molar-refractivity contribution >= 4 is 11.9 Å². The third-order valence-electron chi connectivity index (χ3n) is 3.43. The van der Waals surface area contributed by atoms with Gasteiger partial charge < -0.3 is 11.5 Å². The van der Waals surface area contributed by atoms with Crippen molar-refractivity contribution in [2.24, 2.45) is 21.5 Å². The summed E-state index contributed by atoms with van der Waals surface area (Å²) in [5, 5.41) is 2.85. The molecule has 0 spiro atoms. The van der Waals surface area contributed by atoms with Crippen LogP contribution in [0, 0.1) is 0 Å². The molecular formula is C15H23N5. The summed E-state index contributed by atoms with van der Waals surface area (Å²) in [5.41, 5.74) is 12.8. The van der Waals surface area contributed by atoms with E-state index < -0.39 is 0 Å². The van der Waals surface area contributed by atoms with E-state index in [-0.39, 0.29) is 0 Å². The fraction of sp³-hybridized carbons (Fsp3) is 0.467. The van der Waals surface area contributed by atoms with Crippen LogP contribution in [0.25, 0.3) is 0 Å². The number of benzene rings is 1. The molecule has 1 aromatic rings. The highest BCUT2D eigenvalue weighted by Gasteiger charge is 2.12. The summed E-state index contributed by atoms with van der Waals surface area (Å²) in [7, 11) is 0. The second kappa shape index (κ2) is 7.53. The molecule has 1 aromatic carbocycles. The van der Waals surface area contributed by atoms with Crippen LogP contribution in [-0.2, 0) is 6.54 Å². The topological polar surface area (TPSA) is 88.8 Å². The Hall–Kier alpha value is -2.04. The van der Waals surface area contributed by atoms with Gasteiger partial charge in [0.1, 0.15) is 0 Å². The van der Waals surface area contributed by atoms with Crippen LogP contribution in [-0.4, -0.2) is 18.0 Å². The Labute approximate surface area is 120 Å². The van der Waals surface area contributed by atoms with E-state index in [1.807, 2.05) is 30.3 Å². The largest absolute Gasteiger partial charge is 0.370 e. The number of nitrogens with two attached hydrogens (primary N) is 2. The number of guanidine groups is 2. The molecule has 0 radical (unpaired) electrons. The Morgan fingerprint density at radius 1 is 1.05 bits per heavy atom. The van der Waals surface area contributed by atoms with Gasteiger partial charge in [0.2, 0.25) is 0 Å². The van der Waals surface area contributed by atoms with Crippen molar-refractivity contribution in [1.29, 1.82) is 0 Å². The molecule has 0 heterocycles. The van der Waals surface area contributed by atoms with E-state index in [9.17, 15) is 0 Å². The Bertz CT molecular complexity index is 460. The molecule has 2 rings (SSSR count). The lowest BCUT2D eigenvalue weighted by molar-refractivity contribution is 0.442. The maximum absolute atomic E-state index is 5.85. The average molecular weight is 273 g/mol. The van der Waals surface area contributed by atoms with Crippen LogP contribution >= 0.6 is 0 Å². The molecular weight excluding hydrogens is 250 g/mol.